The summed E-state index contributed by atoms with van der Waals surface area (Å²) < 4.78 is 11.3. The molecule has 4 aliphatic rings. The van der Waals surface area contributed by atoms with Crippen LogP contribution in [0.3, 0.4) is 0 Å². The molecule has 23 heavy (non-hydrogen) atoms. The summed E-state index contributed by atoms with van der Waals surface area (Å²) in [7, 11) is 0. The summed E-state index contributed by atoms with van der Waals surface area (Å²) in [4.78, 5) is 12.2. The number of carbonyl (C=O) groups excluding carboxylic acids is 1. The number of rotatable bonds is 5. The normalized spacial score (nSPS) is 34.7. The first-order chi connectivity index (χ1) is 11.2. The van der Waals surface area contributed by atoms with Crippen molar-refractivity contribution in [2.45, 2.75) is 44.1 Å². The zero-order chi connectivity index (χ0) is 15.7. The predicted octanol–water partition coefficient (Wildman–Crippen LogP) is 4.19. The van der Waals surface area contributed by atoms with Gasteiger partial charge in [0.2, 0.25) is 0 Å². The number of esters is 1. The monoisotopic (exact) mass is 312 g/mol. The Morgan fingerprint density at radius 3 is 2.26 bits per heavy atom. The molecule has 0 spiro atoms. The minimum atomic E-state index is -0.218. The number of hydrogen-bond acceptors (Lipinski definition) is 3. The van der Waals surface area contributed by atoms with Crippen LogP contribution in [0.25, 0.3) is 6.08 Å². The van der Waals surface area contributed by atoms with Crippen LogP contribution in [0.2, 0.25) is 0 Å². The molecule has 0 N–H and O–H groups in total. The SMILES string of the molecule is O=C(COC=Cc1ccccc1)OC12CC3CC(CC(C3)C1)C2. The van der Waals surface area contributed by atoms with E-state index < -0.39 is 0 Å². The highest BCUT2D eigenvalue weighted by Crippen LogP contribution is 2.57. The van der Waals surface area contributed by atoms with Crippen molar-refractivity contribution < 1.29 is 14.3 Å². The van der Waals surface area contributed by atoms with E-state index in [2.05, 4.69) is 0 Å². The van der Waals surface area contributed by atoms with Gasteiger partial charge in [-0.15, -0.1) is 0 Å². The van der Waals surface area contributed by atoms with Gasteiger partial charge in [0.15, 0.2) is 6.61 Å². The van der Waals surface area contributed by atoms with Gasteiger partial charge < -0.3 is 9.47 Å². The van der Waals surface area contributed by atoms with Crippen molar-refractivity contribution in [3.05, 3.63) is 42.2 Å². The summed E-state index contributed by atoms with van der Waals surface area (Å²) in [5, 5.41) is 0. The topological polar surface area (TPSA) is 35.5 Å². The molecular formula is C20H24O3. The molecule has 0 atom stereocenters. The molecule has 3 heteroatoms. The highest BCUT2D eigenvalue weighted by molar-refractivity contribution is 5.71. The largest absolute Gasteiger partial charge is 0.489 e. The van der Waals surface area contributed by atoms with Crippen molar-refractivity contribution in [1.29, 1.82) is 0 Å². The van der Waals surface area contributed by atoms with E-state index in [1.165, 1.54) is 19.3 Å². The summed E-state index contributed by atoms with van der Waals surface area (Å²) in [5.74, 6) is 2.14. The fraction of sp³-hybridized carbons (Fsp3) is 0.550. The first-order valence-corrected chi connectivity index (χ1v) is 8.76. The molecular weight excluding hydrogens is 288 g/mol. The molecule has 0 unspecified atom stereocenters. The Bertz CT molecular complexity index is 555. The molecule has 0 aromatic heterocycles. The van der Waals surface area contributed by atoms with Gasteiger partial charge in [0.05, 0.1) is 6.26 Å². The molecule has 4 fully saturated rings. The molecule has 0 aliphatic heterocycles. The molecule has 0 heterocycles. The number of carbonyl (C=O) groups is 1. The Labute approximate surface area is 137 Å². The van der Waals surface area contributed by atoms with E-state index in [-0.39, 0.29) is 18.2 Å². The molecule has 0 radical (unpaired) electrons. The van der Waals surface area contributed by atoms with Crippen LogP contribution in [-0.4, -0.2) is 18.2 Å². The summed E-state index contributed by atoms with van der Waals surface area (Å²) in [5.41, 5.74) is 0.889. The third-order valence-corrected chi connectivity index (χ3v) is 5.67. The van der Waals surface area contributed by atoms with Crippen molar-refractivity contribution in [1.82, 2.24) is 0 Å². The van der Waals surface area contributed by atoms with E-state index in [9.17, 15) is 4.79 Å². The summed E-state index contributed by atoms with van der Waals surface area (Å²) in [6, 6.07) is 9.91. The molecule has 4 saturated carbocycles. The maximum absolute atomic E-state index is 12.2. The molecule has 4 bridgehead atoms. The highest BCUT2D eigenvalue weighted by Gasteiger charge is 2.53. The maximum atomic E-state index is 12.2. The van der Waals surface area contributed by atoms with Crippen LogP contribution in [0, 0.1) is 17.8 Å². The lowest BCUT2D eigenvalue weighted by atomic mass is 9.54. The molecule has 0 amide bonds. The van der Waals surface area contributed by atoms with Crippen molar-refractivity contribution in [3.63, 3.8) is 0 Å². The highest BCUT2D eigenvalue weighted by atomic mass is 16.6. The fourth-order valence-corrected chi connectivity index (χ4v) is 5.23. The van der Waals surface area contributed by atoms with Crippen LogP contribution in [0.4, 0.5) is 0 Å². The predicted molar refractivity (Wildman–Crippen MR) is 88.4 cm³/mol. The minimum Gasteiger partial charge on any atom is -0.489 e. The van der Waals surface area contributed by atoms with Crippen LogP contribution >= 0.6 is 0 Å². The van der Waals surface area contributed by atoms with Crippen LogP contribution in [0.15, 0.2) is 36.6 Å². The molecule has 5 rings (SSSR count). The summed E-state index contributed by atoms with van der Waals surface area (Å²) in [6.45, 7) is 0.00504. The average Bonchev–Trinajstić information content (AvgIpc) is 2.51. The van der Waals surface area contributed by atoms with Crippen molar-refractivity contribution >= 4 is 12.0 Å². The van der Waals surface area contributed by atoms with E-state index in [1.807, 2.05) is 36.4 Å². The molecule has 1 aromatic carbocycles. The van der Waals surface area contributed by atoms with Gasteiger partial charge in [-0.2, -0.15) is 0 Å². The lowest BCUT2D eigenvalue weighted by Crippen LogP contribution is -2.53. The van der Waals surface area contributed by atoms with Crippen LogP contribution in [0.1, 0.15) is 44.1 Å². The van der Waals surface area contributed by atoms with Gasteiger partial charge in [-0.25, -0.2) is 4.79 Å². The van der Waals surface area contributed by atoms with Crippen LogP contribution in [-0.2, 0) is 14.3 Å². The summed E-state index contributed by atoms with van der Waals surface area (Å²) in [6.07, 6.45) is 10.7. The lowest BCUT2D eigenvalue weighted by Gasteiger charge is -2.55. The average molecular weight is 312 g/mol. The van der Waals surface area contributed by atoms with Gasteiger partial charge in [-0.1, -0.05) is 30.3 Å². The maximum Gasteiger partial charge on any atom is 0.344 e. The van der Waals surface area contributed by atoms with E-state index in [0.717, 1.165) is 42.6 Å². The van der Waals surface area contributed by atoms with E-state index >= 15 is 0 Å². The third kappa shape index (κ3) is 3.29. The second-order valence-corrected chi connectivity index (χ2v) is 7.60. The van der Waals surface area contributed by atoms with Crippen LogP contribution < -0.4 is 0 Å². The molecule has 4 aliphatic carbocycles. The minimum absolute atomic E-state index is 0.00504. The molecule has 1 aromatic rings. The molecule has 3 nitrogen and oxygen atoms in total. The van der Waals surface area contributed by atoms with Gasteiger partial charge >= 0.3 is 5.97 Å². The Morgan fingerprint density at radius 2 is 1.65 bits per heavy atom. The Balaban J connectivity index is 1.28. The van der Waals surface area contributed by atoms with Gasteiger partial charge in [-0.3, -0.25) is 0 Å². The van der Waals surface area contributed by atoms with Gasteiger partial charge in [0.1, 0.15) is 5.60 Å². The zero-order valence-electron chi connectivity index (χ0n) is 13.4. The van der Waals surface area contributed by atoms with Gasteiger partial charge in [-0.05, 0) is 67.9 Å². The van der Waals surface area contributed by atoms with E-state index in [1.54, 1.807) is 6.26 Å². The quantitative estimate of drug-likeness (QED) is 0.604. The lowest BCUT2D eigenvalue weighted by molar-refractivity contribution is -0.189. The Kier molecular flexibility index (Phi) is 3.88. The van der Waals surface area contributed by atoms with Crippen molar-refractivity contribution in [3.8, 4) is 0 Å². The van der Waals surface area contributed by atoms with Gasteiger partial charge in [0, 0.05) is 0 Å². The zero-order valence-corrected chi connectivity index (χ0v) is 13.4. The first-order valence-electron chi connectivity index (χ1n) is 8.76. The Morgan fingerprint density at radius 1 is 1.04 bits per heavy atom. The van der Waals surface area contributed by atoms with E-state index in [4.69, 9.17) is 9.47 Å². The smallest absolute Gasteiger partial charge is 0.344 e. The van der Waals surface area contributed by atoms with Gasteiger partial charge in [0.25, 0.3) is 0 Å². The van der Waals surface area contributed by atoms with Crippen LogP contribution in [0.5, 0.6) is 0 Å². The second kappa shape index (κ2) is 6.03. The molecule has 122 valence electrons. The first kappa shape index (κ1) is 14.8. The standard InChI is InChI=1S/C20H24O3/c21-19(14-22-7-6-15-4-2-1-3-5-15)23-20-11-16-8-17(12-20)10-18(9-16)13-20/h1-7,16-18H,8-14H2. The van der Waals surface area contributed by atoms with E-state index in [0.29, 0.717) is 0 Å². The second-order valence-electron chi connectivity index (χ2n) is 7.60. The molecule has 0 saturated heterocycles. The van der Waals surface area contributed by atoms with Crippen molar-refractivity contribution in [2.24, 2.45) is 17.8 Å². The Hall–Kier alpha value is -1.77. The third-order valence-electron chi connectivity index (χ3n) is 5.67. The number of benzene rings is 1. The number of hydrogen-bond donors (Lipinski definition) is 0. The number of ether oxygens (including phenoxy) is 2. The van der Waals surface area contributed by atoms with Crippen molar-refractivity contribution in [2.75, 3.05) is 6.61 Å². The fourth-order valence-electron chi connectivity index (χ4n) is 5.23. The summed E-state index contributed by atoms with van der Waals surface area (Å²) >= 11 is 0.